The number of aromatic nitrogens is 3. The molecule has 0 spiro atoms. The molecule has 1 atom stereocenters. The summed E-state index contributed by atoms with van der Waals surface area (Å²) >= 11 is 0. The fourth-order valence-corrected chi connectivity index (χ4v) is 2.56. The number of morpholine rings is 1. The molecule has 136 valence electrons. The maximum Gasteiger partial charge on any atom is 0.257 e. The SMILES string of the molecule is Cl.c1cncc(COc2ccc(-c3noc([C@@H]4CNCCO4)n3)cc2)c1. The summed E-state index contributed by atoms with van der Waals surface area (Å²) in [7, 11) is 0. The Labute approximate surface area is 157 Å². The maximum atomic E-state index is 5.75. The first kappa shape index (κ1) is 18.3. The van der Waals surface area contributed by atoms with Crippen LogP contribution in [0.5, 0.6) is 5.75 Å². The minimum absolute atomic E-state index is 0. The molecule has 0 saturated carbocycles. The van der Waals surface area contributed by atoms with Crippen molar-refractivity contribution in [1.82, 2.24) is 20.4 Å². The quantitative estimate of drug-likeness (QED) is 0.735. The lowest BCUT2D eigenvalue weighted by Gasteiger charge is -2.19. The van der Waals surface area contributed by atoms with Gasteiger partial charge in [0, 0.05) is 36.6 Å². The Kier molecular flexibility index (Phi) is 6.17. The molecule has 4 rings (SSSR count). The molecular weight excluding hydrogens is 356 g/mol. The Morgan fingerprint density at radius 2 is 2.08 bits per heavy atom. The van der Waals surface area contributed by atoms with E-state index in [4.69, 9.17) is 14.0 Å². The summed E-state index contributed by atoms with van der Waals surface area (Å²) in [5.74, 6) is 1.82. The van der Waals surface area contributed by atoms with E-state index >= 15 is 0 Å². The van der Waals surface area contributed by atoms with Gasteiger partial charge in [0.1, 0.15) is 18.5 Å². The van der Waals surface area contributed by atoms with Crippen molar-refractivity contribution < 1.29 is 14.0 Å². The number of benzene rings is 1. The number of hydrogen-bond acceptors (Lipinski definition) is 7. The zero-order valence-electron chi connectivity index (χ0n) is 14.0. The fraction of sp³-hybridized carbons (Fsp3) is 0.278. The van der Waals surface area contributed by atoms with E-state index in [-0.39, 0.29) is 18.5 Å². The molecule has 3 heterocycles. The predicted octanol–water partition coefficient (Wildman–Crippen LogP) is 2.79. The average Bonchev–Trinajstić information content (AvgIpc) is 3.19. The molecule has 0 radical (unpaired) electrons. The number of nitrogens with zero attached hydrogens (tertiary/aromatic N) is 3. The highest BCUT2D eigenvalue weighted by molar-refractivity contribution is 5.85. The molecule has 2 aromatic heterocycles. The second-order valence-electron chi connectivity index (χ2n) is 5.69. The normalized spacial score (nSPS) is 16.7. The Balaban J connectivity index is 0.00000196. The van der Waals surface area contributed by atoms with Gasteiger partial charge in [0.05, 0.1) is 6.61 Å². The molecule has 1 saturated heterocycles. The molecule has 1 fully saturated rings. The van der Waals surface area contributed by atoms with Gasteiger partial charge in [-0.1, -0.05) is 11.2 Å². The smallest absolute Gasteiger partial charge is 0.257 e. The lowest BCUT2D eigenvalue weighted by Crippen LogP contribution is -2.33. The predicted molar refractivity (Wildman–Crippen MR) is 97.1 cm³/mol. The zero-order chi connectivity index (χ0) is 16.9. The van der Waals surface area contributed by atoms with Gasteiger partial charge in [-0.25, -0.2) is 0 Å². The Bertz CT molecular complexity index is 805. The van der Waals surface area contributed by atoms with Gasteiger partial charge in [-0.3, -0.25) is 4.98 Å². The van der Waals surface area contributed by atoms with E-state index in [0.29, 0.717) is 31.5 Å². The summed E-state index contributed by atoms with van der Waals surface area (Å²) in [6, 6.07) is 11.5. The van der Waals surface area contributed by atoms with Crippen LogP contribution in [-0.4, -0.2) is 34.8 Å². The molecule has 1 aliphatic rings. The van der Waals surface area contributed by atoms with Crippen molar-refractivity contribution >= 4 is 12.4 Å². The van der Waals surface area contributed by atoms with E-state index in [1.165, 1.54) is 0 Å². The van der Waals surface area contributed by atoms with Gasteiger partial charge in [0.25, 0.3) is 5.89 Å². The van der Waals surface area contributed by atoms with Crippen LogP contribution in [0, 0.1) is 0 Å². The third kappa shape index (κ3) is 4.37. The molecule has 26 heavy (non-hydrogen) atoms. The fourth-order valence-electron chi connectivity index (χ4n) is 2.56. The van der Waals surface area contributed by atoms with Gasteiger partial charge in [0.2, 0.25) is 5.82 Å². The maximum absolute atomic E-state index is 5.75. The second-order valence-corrected chi connectivity index (χ2v) is 5.69. The highest BCUT2D eigenvalue weighted by atomic mass is 35.5. The van der Waals surface area contributed by atoms with Crippen LogP contribution in [0.25, 0.3) is 11.4 Å². The topological polar surface area (TPSA) is 82.3 Å². The van der Waals surface area contributed by atoms with Gasteiger partial charge in [0.15, 0.2) is 0 Å². The molecular formula is C18H19ClN4O3. The summed E-state index contributed by atoms with van der Waals surface area (Å²) in [4.78, 5) is 8.51. The van der Waals surface area contributed by atoms with Gasteiger partial charge in [-0.15, -0.1) is 12.4 Å². The monoisotopic (exact) mass is 374 g/mol. The molecule has 0 bridgehead atoms. The first-order chi connectivity index (χ1) is 12.4. The average molecular weight is 375 g/mol. The molecule has 1 aromatic carbocycles. The van der Waals surface area contributed by atoms with Crippen molar-refractivity contribution in [3.63, 3.8) is 0 Å². The van der Waals surface area contributed by atoms with Gasteiger partial charge in [-0.05, 0) is 30.3 Å². The van der Waals surface area contributed by atoms with E-state index in [0.717, 1.165) is 23.4 Å². The van der Waals surface area contributed by atoms with E-state index in [1.807, 2.05) is 36.4 Å². The highest BCUT2D eigenvalue weighted by Gasteiger charge is 2.22. The number of halogens is 1. The lowest BCUT2D eigenvalue weighted by atomic mass is 10.2. The standard InChI is InChI=1S/C18H18N4O3.ClH/c1-2-13(10-19-7-1)12-24-15-5-3-14(4-6-15)17-21-18(25-22-17)16-11-20-8-9-23-16;/h1-7,10,16,20H,8-9,11-12H2;1H/t16-;/m0./s1. The van der Waals surface area contributed by atoms with Crippen molar-refractivity contribution in [3.05, 3.63) is 60.2 Å². The first-order valence-electron chi connectivity index (χ1n) is 8.16. The molecule has 0 aliphatic carbocycles. The largest absolute Gasteiger partial charge is 0.489 e. The van der Waals surface area contributed by atoms with Crippen molar-refractivity contribution in [2.24, 2.45) is 0 Å². The molecule has 8 heteroatoms. The van der Waals surface area contributed by atoms with Crippen LogP contribution in [0.3, 0.4) is 0 Å². The van der Waals surface area contributed by atoms with Gasteiger partial charge in [-0.2, -0.15) is 4.98 Å². The minimum atomic E-state index is -0.183. The van der Waals surface area contributed by atoms with Crippen LogP contribution in [0.4, 0.5) is 0 Å². The lowest BCUT2D eigenvalue weighted by molar-refractivity contribution is 0.00755. The van der Waals surface area contributed by atoms with Crippen molar-refractivity contribution in [2.75, 3.05) is 19.7 Å². The van der Waals surface area contributed by atoms with E-state index in [9.17, 15) is 0 Å². The summed E-state index contributed by atoms with van der Waals surface area (Å²) in [5, 5.41) is 7.29. The van der Waals surface area contributed by atoms with Crippen molar-refractivity contribution in [1.29, 1.82) is 0 Å². The first-order valence-corrected chi connectivity index (χ1v) is 8.16. The van der Waals surface area contributed by atoms with E-state index in [2.05, 4.69) is 20.4 Å². The van der Waals surface area contributed by atoms with Crippen LogP contribution in [0.1, 0.15) is 17.6 Å². The summed E-state index contributed by atoms with van der Waals surface area (Å²) in [6.45, 7) is 2.65. The van der Waals surface area contributed by atoms with E-state index in [1.54, 1.807) is 12.4 Å². The van der Waals surface area contributed by atoms with Crippen LogP contribution in [-0.2, 0) is 11.3 Å². The number of rotatable bonds is 5. The Hall–Kier alpha value is -2.48. The van der Waals surface area contributed by atoms with Crippen LogP contribution in [0.2, 0.25) is 0 Å². The molecule has 7 nitrogen and oxygen atoms in total. The van der Waals surface area contributed by atoms with Crippen molar-refractivity contribution in [2.45, 2.75) is 12.7 Å². The number of nitrogens with one attached hydrogen (secondary N) is 1. The van der Waals surface area contributed by atoms with Gasteiger partial charge < -0.3 is 19.3 Å². The molecule has 0 unspecified atom stereocenters. The molecule has 3 aromatic rings. The van der Waals surface area contributed by atoms with Crippen LogP contribution in [0.15, 0.2) is 53.3 Å². The Morgan fingerprint density at radius 1 is 1.19 bits per heavy atom. The number of hydrogen-bond donors (Lipinski definition) is 1. The number of ether oxygens (including phenoxy) is 2. The van der Waals surface area contributed by atoms with Crippen molar-refractivity contribution in [3.8, 4) is 17.1 Å². The third-order valence-electron chi connectivity index (χ3n) is 3.89. The minimum Gasteiger partial charge on any atom is -0.489 e. The van der Waals surface area contributed by atoms with Crippen LogP contribution >= 0.6 is 12.4 Å². The van der Waals surface area contributed by atoms with Gasteiger partial charge >= 0.3 is 0 Å². The zero-order valence-corrected chi connectivity index (χ0v) is 14.8. The molecule has 0 amide bonds. The summed E-state index contributed by atoms with van der Waals surface area (Å²) in [5.41, 5.74) is 1.89. The third-order valence-corrected chi connectivity index (χ3v) is 3.89. The van der Waals surface area contributed by atoms with Crippen LogP contribution < -0.4 is 10.1 Å². The summed E-state index contributed by atoms with van der Waals surface area (Å²) in [6.07, 6.45) is 3.35. The van der Waals surface area contributed by atoms with E-state index < -0.39 is 0 Å². The number of pyridine rings is 1. The molecule has 1 N–H and O–H groups in total. The highest BCUT2D eigenvalue weighted by Crippen LogP contribution is 2.23. The molecule has 1 aliphatic heterocycles. The second kappa shape index (κ2) is 8.75. The summed E-state index contributed by atoms with van der Waals surface area (Å²) < 4.78 is 16.7. The Morgan fingerprint density at radius 3 is 2.81 bits per heavy atom.